The summed E-state index contributed by atoms with van der Waals surface area (Å²) in [5, 5.41) is 13.1. The topological polar surface area (TPSA) is 79.8 Å². The van der Waals surface area contributed by atoms with E-state index in [0.29, 0.717) is 10.9 Å². The molecule has 0 aliphatic rings. The van der Waals surface area contributed by atoms with Crippen molar-refractivity contribution in [3.05, 3.63) is 58.0 Å². The van der Waals surface area contributed by atoms with Gasteiger partial charge in [-0.05, 0) is 46.9 Å². The minimum absolute atomic E-state index is 0.0848. The highest BCUT2D eigenvalue weighted by Crippen LogP contribution is 2.33. The fourth-order valence-corrected chi connectivity index (χ4v) is 3.10. The molecule has 0 aliphatic carbocycles. The molecule has 0 saturated carbocycles. The van der Waals surface area contributed by atoms with E-state index in [9.17, 15) is 14.3 Å². The van der Waals surface area contributed by atoms with E-state index in [4.69, 9.17) is 4.42 Å². The maximum atomic E-state index is 14.2. The second-order valence-corrected chi connectivity index (χ2v) is 6.34. The first kappa shape index (κ1) is 14.9. The Bertz CT molecular complexity index is 1100. The zero-order chi connectivity index (χ0) is 16.8. The van der Waals surface area contributed by atoms with E-state index in [1.54, 1.807) is 28.8 Å². The Morgan fingerprint density at radius 1 is 1.38 bits per heavy atom. The molecule has 6 nitrogen and oxygen atoms in total. The molecular formula is C16H9FIN3O3. The predicted molar refractivity (Wildman–Crippen MR) is 94.3 cm³/mol. The van der Waals surface area contributed by atoms with Gasteiger partial charge in [0, 0.05) is 8.96 Å². The van der Waals surface area contributed by atoms with Crippen molar-refractivity contribution in [2.75, 3.05) is 5.32 Å². The van der Waals surface area contributed by atoms with Crippen LogP contribution in [-0.4, -0.2) is 20.5 Å². The van der Waals surface area contributed by atoms with E-state index in [2.05, 4.69) is 10.3 Å². The van der Waals surface area contributed by atoms with Crippen molar-refractivity contribution in [1.29, 1.82) is 0 Å². The molecule has 4 rings (SSSR count). The molecule has 0 atom stereocenters. The Labute approximate surface area is 148 Å². The lowest BCUT2D eigenvalue weighted by Gasteiger charge is -2.14. The van der Waals surface area contributed by atoms with Crippen LogP contribution in [0.15, 0.2) is 47.5 Å². The van der Waals surface area contributed by atoms with E-state index in [-0.39, 0.29) is 22.7 Å². The van der Waals surface area contributed by atoms with Crippen molar-refractivity contribution >= 4 is 56.6 Å². The van der Waals surface area contributed by atoms with E-state index in [1.165, 1.54) is 18.7 Å². The lowest BCUT2D eigenvalue weighted by atomic mass is 10.1. The lowest BCUT2D eigenvalue weighted by molar-refractivity contribution is 0.0698. The number of fused-ring (bicyclic) bond motifs is 3. The van der Waals surface area contributed by atoms with Crippen LogP contribution in [0, 0.1) is 9.39 Å². The third kappa shape index (κ3) is 2.21. The fraction of sp³-hybridized carbons (Fsp3) is 0. The van der Waals surface area contributed by atoms with Gasteiger partial charge in [0.15, 0.2) is 5.58 Å². The van der Waals surface area contributed by atoms with Crippen molar-refractivity contribution in [3.8, 4) is 0 Å². The van der Waals surface area contributed by atoms with Gasteiger partial charge in [-0.15, -0.1) is 0 Å². The SMILES string of the molecule is O=C(O)c1c(Nc2ccc(I)cc2F)n2cncc2c2ccoc12. The molecule has 2 N–H and O–H groups in total. The fourth-order valence-electron chi connectivity index (χ4n) is 2.64. The standard InChI is InChI=1S/C16H9FIN3O3/c17-10-5-8(18)1-2-11(10)20-15-13(16(22)23)14-9(3-4-24-14)12-6-19-7-21(12)15/h1-7,20H,(H,22,23). The molecule has 120 valence electrons. The molecule has 0 radical (unpaired) electrons. The highest BCUT2D eigenvalue weighted by atomic mass is 127. The second-order valence-electron chi connectivity index (χ2n) is 5.09. The summed E-state index contributed by atoms with van der Waals surface area (Å²) >= 11 is 2.00. The average molecular weight is 437 g/mol. The number of anilines is 2. The molecule has 0 amide bonds. The van der Waals surface area contributed by atoms with Gasteiger partial charge >= 0.3 is 5.97 Å². The molecule has 0 spiro atoms. The van der Waals surface area contributed by atoms with Crippen molar-refractivity contribution in [1.82, 2.24) is 9.38 Å². The van der Waals surface area contributed by atoms with Crippen LogP contribution in [0.5, 0.6) is 0 Å². The minimum Gasteiger partial charge on any atom is -0.477 e. The number of benzene rings is 1. The summed E-state index contributed by atoms with van der Waals surface area (Å²) in [5.74, 6) is -1.48. The van der Waals surface area contributed by atoms with Crippen LogP contribution < -0.4 is 5.32 Å². The molecule has 0 aliphatic heterocycles. The monoisotopic (exact) mass is 437 g/mol. The smallest absolute Gasteiger partial charge is 0.343 e. The number of aromatic nitrogens is 2. The Morgan fingerprint density at radius 3 is 2.96 bits per heavy atom. The van der Waals surface area contributed by atoms with Crippen molar-refractivity contribution in [2.24, 2.45) is 0 Å². The zero-order valence-electron chi connectivity index (χ0n) is 12.0. The van der Waals surface area contributed by atoms with Gasteiger partial charge in [0.25, 0.3) is 0 Å². The first-order valence-corrected chi connectivity index (χ1v) is 7.94. The summed E-state index contributed by atoms with van der Waals surface area (Å²) in [7, 11) is 0. The van der Waals surface area contributed by atoms with Gasteiger partial charge in [0.05, 0.1) is 23.7 Å². The van der Waals surface area contributed by atoms with Crippen LogP contribution in [0.3, 0.4) is 0 Å². The highest BCUT2D eigenvalue weighted by Gasteiger charge is 2.23. The van der Waals surface area contributed by atoms with Crippen LogP contribution in [0.1, 0.15) is 10.4 Å². The number of carbonyl (C=O) groups is 1. The molecule has 3 heterocycles. The average Bonchev–Trinajstić information content (AvgIpc) is 3.17. The van der Waals surface area contributed by atoms with E-state index in [0.717, 1.165) is 3.57 Å². The number of hydrogen-bond donors (Lipinski definition) is 2. The number of imidazole rings is 1. The Morgan fingerprint density at radius 2 is 2.21 bits per heavy atom. The van der Waals surface area contributed by atoms with Gasteiger partial charge in [-0.25, -0.2) is 14.2 Å². The third-order valence-corrected chi connectivity index (χ3v) is 4.35. The van der Waals surface area contributed by atoms with E-state index >= 15 is 0 Å². The van der Waals surface area contributed by atoms with Crippen LogP contribution in [0.2, 0.25) is 0 Å². The van der Waals surface area contributed by atoms with Crippen LogP contribution in [-0.2, 0) is 0 Å². The number of hydrogen-bond acceptors (Lipinski definition) is 4. The Hall–Kier alpha value is -2.62. The largest absolute Gasteiger partial charge is 0.477 e. The number of carboxylic acid groups (broad SMARTS) is 1. The number of rotatable bonds is 3. The second kappa shape index (κ2) is 5.48. The first-order valence-electron chi connectivity index (χ1n) is 6.87. The normalized spacial score (nSPS) is 11.2. The highest BCUT2D eigenvalue weighted by molar-refractivity contribution is 14.1. The van der Waals surface area contributed by atoms with Crippen molar-refractivity contribution in [2.45, 2.75) is 0 Å². The summed E-state index contributed by atoms with van der Waals surface area (Å²) in [6, 6.07) is 6.31. The number of pyridine rings is 1. The van der Waals surface area contributed by atoms with Crippen molar-refractivity contribution < 1.29 is 18.7 Å². The number of carboxylic acids is 1. The molecule has 0 saturated heterocycles. The van der Waals surface area contributed by atoms with Crippen LogP contribution >= 0.6 is 22.6 Å². The van der Waals surface area contributed by atoms with Gasteiger partial charge in [0.1, 0.15) is 23.5 Å². The number of nitrogens with zero attached hydrogens (tertiary/aromatic N) is 2. The molecule has 4 aromatic rings. The summed E-state index contributed by atoms with van der Waals surface area (Å²) < 4.78 is 21.9. The van der Waals surface area contributed by atoms with Crippen LogP contribution in [0.25, 0.3) is 16.5 Å². The Kier molecular flexibility index (Phi) is 3.41. The summed E-state index contributed by atoms with van der Waals surface area (Å²) in [5.41, 5.74) is 0.957. The molecule has 3 aromatic heterocycles. The molecule has 1 aromatic carbocycles. The number of nitrogens with one attached hydrogen (secondary N) is 1. The van der Waals surface area contributed by atoms with Crippen LogP contribution in [0.4, 0.5) is 15.9 Å². The quantitative estimate of drug-likeness (QED) is 0.469. The molecule has 0 fully saturated rings. The molecule has 0 unspecified atom stereocenters. The molecule has 8 heteroatoms. The molecule has 0 bridgehead atoms. The first-order chi connectivity index (χ1) is 11.6. The van der Waals surface area contributed by atoms with Gasteiger partial charge in [-0.2, -0.15) is 0 Å². The summed E-state index contributed by atoms with van der Waals surface area (Å²) in [4.78, 5) is 15.9. The van der Waals surface area contributed by atoms with E-state index in [1.807, 2.05) is 22.6 Å². The number of halogens is 2. The maximum Gasteiger partial charge on any atom is 0.343 e. The summed E-state index contributed by atoms with van der Waals surface area (Å²) in [6.07, 6.45) is 4.49. The molecular weight excluding hydrogens is 428 g/mol. The van der Waals surface area contributed by atoms with E-state index < -0.39 is 11.8 Å². The lowest BCUT2D eigenvalue weighted by Crippen LogP contribution is -2.09. The maximum absolute atomic E-state index is 14.2. The van der Waals surface area contributed by atoms with Gasteiger partial charge in [-0.3, -0.25) is 4.40 Å². The number of aromatic carboxylic acids is 1. The minimum atomic E-state index is -1.18. The van der Waals surface area contributed by atoms with Gasteiger partial charge in [-0.1, -0.05) is 0 Å². The zero-order valence-corrected chi connectivity index (χ0v) is 14.1. The molecule has 24 heavy (non-hydrogen) atoms. The third-order valence-electron chi connectivity index (χ3n) is 3.68. The summed E-state index contributed by atoms with van der Waals surface area (Å²) in [6.45, 7) is 0. The number of furan rings is 1. The van der Waals surface area contributed by atoms with Gasteiger partial charge in [0.2, 0.25) is 0 Å². The predicted octanol–water partition coefficient (Wildman–Crippen LogP) is 4.27. The van der Waals surface area contributed by atoms with Gasteiger partial charge < -0.3 is 14.8 Å². The van der Waals surface area contributed by atoms with Crippen molar-refractivity contribution in [3.63, 3.8) is 0 Å². The Balaban J connectivity index is 2.03.